The molecule has 0 radical (unpaired) electrons. The van der Waals surface area contributed by atoms with Crippen LogP contribution in [0.2, 0.25) is 0 Å². The summed E-state index contributed by atoms with van der Waals surface area (Å²) in [4.78, 5) is 23.2. The number of nitrogens with zero attached hydrogens (tertiary/aromatic N) is 2. The van der Waals surface area contributed by atoms with Crippen molar-refractivity contribution in [3.63, 3.8) is 0 Å². The third kappa shape index (κ3) is 3.56. The van der Waals surface area contributed by atoms with Crippen molar-refractivity contribution in [3.05, 3.63) is 71.9 Å². The molecule has 3 aromatic heterocycles. The number of thiophene rings is 1. The molecule has 6 heteroatoms. The molecule has 136 valence electrons. The monoisotopic (exact) mass is 384 g/mol. The van der Waals surface area contributed by atoms with E-state index in [-0.39, 0.29) is 5.91 Å². The number of pyridine rings is 2. The van der Waals surface area contributed by atoms with Gasteiger partial charge in [0.1, 0.15) is 4.83 Å². The molecule has 1 aromatic carbocycles. The van der Waals surface area contributed by atoms with Gasteiger partial charge in [0.15, 0.2) is 0 Å². The molecule has 0 saturated heterocycles. The van der Waals surface area contributed by atoms with Gasteiger partial charge in [-0.15, -0.1) is 17.8 Å². The van der Waals surface area contributed by atoms with Crippen molar-refractivity contribution >= 4 is 38.8 Å². The number of hydrogen-bond donors (Lipinski definition) is 2. The van der Waals surface area contributed by atoms with E-state index in [4.69, 9.17) is 6.42 Å². The van der Waals surface area contributed by atoms with Gasteiger partial charge in [-0.1, -0.05) is 42.3 Å². The lowest BCUT2D eigenvalue weighted by molar-refractivity contribution is 0.103. The molecule has 28 heavy (non-hydrogen) atoms. The maximum absolute atomic E-state index is 13.0. The van der Waals surface area contributed by atoms with Crippen molar-refractivity contribution in [2.24, 2.45) is 0 Å². The van der Waals surface area contributed by atoms with Gasteiger partial charge in [0.2, 0.25) is 0 Å². The summed E-state index contributed by atoms with van der Waals surface area (Å²) < 4.78 is 0. The fourth-order valence-electron chi connectivity index (χ4n) is 2.86. The van der Waals surface area contributed by atoms with Crippen LogP contribution in [0.25, 0.3) is 21.5 Å². The van der Waals surface area contributed by atoms with Crippen molar-refractivity contribution in [1.82, 2.24) is 9.97 Å². The van der Waals surface area contributed by atoms with Crippen LogP contribution in [-0.4, -0.2) is 22.4 Å². The minimum atomic E-state index is -0.211. The minimum Gasteiger partial charge on any atom is -0.372 e. The Kier molecular flexibility index (Phi) is 5.00. The first-order valence-corrected chi connectivity index (χ1v) is 9.45. The zero-order valence-corrected chi connectivity index (χ0v) is 15.7. The molecular weight excluding hydrogens is 368 g/mol. The molecule has 0 saturated carbocycles. The predicted molar refractivity (Wildman–Crippen MR) is 115 cm³/mol. The summed E-state index contributed by atoms with van der Waals surface area (Å²) in [5.41, 5.74) is 2.90. The number of benzene rings is 1. The highest BCUT2D eigenvalue weighted by Crippen LogP contribution is 2.33. The lowest BCUT2D eigenvalue weighted by Gasteiger charge is -2.15. The average molecular weight is 384 g/mol. The number of nitrogens with one attached hydrogen (secondary N) is 2. The molecule has 2 N–H and O–H groups in total. The van der Waals surface area contributed by atoms with Gasteiger partial charge in [-0.3, -0.25) is 9.78 Å². The molecule has 1 amide bonds. The minimum absolute atomic E-state index is 0.211. The number of aromatic nitrogens is 2. The van der Waals surface area contributed by atoms with Gasteiger partial charge in [-0.25, -0.2) is 4.98 Å². The van der Waals surface area contributed by atoms with Crippen LogP contribution in [0, 0.1) is 12.3 Å². The fourth-order valence-corrected chi connectivity index (χ4v) is 3.75. The lowest BCUT2D eigenvalue weighted by atomic mass is 10.1. The normalized spacial score (nSPS) is 10.4. The maximum atomic E-state index is 13.0. The standard InChI is InChI=1S/C22H16N4OS/c1-2-11-23-17-10-13-24-19(15-7-4-3-5-8-15)20(17)26-21(27)18-14-16-9-6-12-25-22(16)28-18/h1,3-10,12-14H,11H2,(H,23,24)(H,26,27). The number of hydrogen-bond acceptors (Lipinski definition) is 5. The Morgan fingerprint density at radius 2 is 1.93 bits per heavy atom. The second kappa shape index (κ2) is 7.91. The maximum Gasteiger partial charge on any atom is 0.265 e. The number of anilines is 2. The largest absolute Gasteiger partial charge is 0.372 e. The van der Waals surface area contributed by atoms with E-state index in [1.54, 1.807) is 18.5 Å². The molecular formula is C22H16N4OS. The van der Waals surface area contributed by atoms with Crippen LogP contribution < -0.4 is 10.6 Å². The van der Waals surface area contributed by atoms with Crippen LogP contribution in [0.5, 0.6) is 0 Å². The number of carbonyl (C=O) groups excluding carboxylic acids is 1. The Labute approximate surface area is 166 Å². The Balaban J connectivity index is 1.74. The molecule has 0 bridgehead atoms. The first-order chi connectivity index (χ1) is 13.8. The first kappa shape index (κ1) is 17.7. The van der Waals surface area contributed by atoms with Crippen molar-refractivity contribution in [1.29, 1.82) is 0 Å². The van der Waals surface area contributed by atoms with Crippen LogP contribution >= 0.6 is 11.3 Å². The van der Waals surface area contributed by atoms with E-state index >= 15 is 0 Å². The molecule has 5 nitrogen and oxygen atoms in total. The second-order valence-electron chi connectivity index (χ2n) is 5.97. The van der Waals surface area contributed by atoms with E-state index in [9.17, 15) is 4.79 Å². The average Bonchev–Trinajstić information content (AvgIpc) is 3.18. The van der Waals surface area contributed by atoms with E-state index < -0.39 is 0 Å². The molecule has 4 aromatic rings. The quantitative estimate of drug-likeness (QED) is 0.491. The van der Waals surface area contributed by atoms with E-state index in [0.29, 0.717) is 22.8 Å². The predicted octanol–water partition coefficient (Wildman–Crippen LogP) is 4.66. The van der Waals surface area contributed by atoms with Gasteiger partial charge >= 0.3 is 0 Å². The van der Waals surface area contributed by atoms with Crippen molar-refractivity contribution in [3.8, 4) is 23.6 Å². The molecule has 3 heterocycles. The smallest absolute Gasteiger partial charge is 0.265 e. The molecule has 0 spiro atoms. The van der Waals surface area contributed by atoms with E-state index in [1.165, 1.54) is 11.3 Å². The van der Waals surface area contributed by atoms with Crippen molar-refractivity contribution in [2.45, 2.75) is 0 Å². The number of fused-ring (bicyclic) bond motifs is 1. The third-order valence-electron chi connectivity index (χ3n) is 4.14. The van der Waals surface area contributed by atoms with E-state index in [1.807, 2.05) is 48.5 Å². The van der Waals surface area contributed by atoms with Gasteiger partial charge in [-0.05, 0) is 18.2 Å². The van der Waals surface area contributed by atoms with Gasteiger partial charge in [0.25, 0.3) is 5.91 Å². The first-order valence-electron chi connectivity index (χ1n) is 8.64. The van der Waals surface area contributed by atoms with Crippen LogP contribution in [-0.2, 0) is 0 Å². The number of carbonyl (C=O) groups is 1. The summed E-state index contributed by atoms with van der Waals surface area (Å²) in [7, 11) is 0. The second-order valence-corrected chi connectivity index (χ2v) is 7.00. The Bertz CT molecular complexity index is 1150. The lowest BCUT2D eigenvalue weighted by Crippen LogP contribution is -2.14. The zero-order valence-electron chi connectivity index (χ0n) is 14.8. The molecule has 0 unspecified atom stereocenters. The summed E-state index contributed by atoms with van der Waals surface area (Å²) in [6, 6.07) is 17.1. The van der Waals surface area contributed by atoms with Gasteiger partial charge in [0.05, 0.1) is 28.5 Å². The highest BCUT2D eigenvalue weighted by molar-refractivity contribution is 7.20. The van der Waals surface area contributed by atoms with Gasteiger partial charge < -0.3 is 10.6 Å². The summed E-state index contributed by atoms with van der Waals surface area (Å²) in [6.07, 6.45) is 8.80. The molecule has 0 aliphatic carbocycles. The number of amides is 1. The van der Waals surface area contributed by atoms with Crippen LogP contribution in [0.3, 0.4) is 0 Å². The van der Waals surface area contributed by atoms with Crippen molar-refractivity contribution < 1.29 is 4.79 Å². The Hall–Kier alpha value is -3.69. The third-order valence-corrected chi connectivity index (χ3v) is 5.19. The summed E-state index contributed by atoms with van der Waals surface area (Å²) in [5, 5.41) is 7.11. The summed E-state index contributed by atoms with van der Waals surface area (Å²) in [5.74, 6) is 2.34. The molecule has 0 aliphatic heterocycles. The van der Waals surface area contributed by atoms with Crippen LogP contribution in [0.4, 0.5) is 11.4 Å². The number of terminal acetylenes is 1. The van der Waals surface area contributed by atoms with Gasteiger partial charge in [0, 0.05) is 23.3 Å². The topological polar surface area (TPSA) is 66.9 Å². The summed E-state index contributed by atoms with van der Waals surface area (Å²) >= 11 is 1.35. The van der Waals surface area contributed by atoms with E-state index in [0.717, 1.165) is 21.5 Å². The Morgan fingerprint density at radius 1 is 1.07 bits per heavy atom. The molecule has 0 aliphatic rings. The van der Waals surface area contributed by atoms with Crippen molar-refractivity contribution in [2.75, 3.05) is 17.2 Å². The highest BCUT2D eigenvalue weighted by Gasteiger charge is 2.17. The van der Waals surface area contributed by atoms with Gasteiger partial charge in [-0.2, -0.15) is 0 Å². The molecule has 4 rings (SSSR count). The van der Waals surface area contributed by atoms with Crippen LogP contribution in [0.1, 0.15) is 9.67 Å². The zero-order chi connectivity index (χ0) is 19.3. The van der Waals surface area contributed by atoms with Crippen LogP contribution in [0.15, 0.2) is 67.0 Å². The number of rotatable bonds is 5. The molecule has 0 fully saturated rings. The summed E-state index contributed by atoms with van der Waals surface area (Å²) in [6.45, 7) is 0.341. The molecule has 0 atom stereocenters. The Morgan fingerprint density at radius 3 is 2.71 bits per heavy atom. The highest BCUT2D eigenvalue weighted by atomic mass is 32.1. The SMILES string of the molecule is C#CCNc1ccnc(-c2ccccc2)c1NC(=O)c1cc2cccnc2s1. The fraction of sp³-hybridized carbons (Fsp3) is 0.0455. The van der Waals surface area contributed by atoms with E-state index in [2.05, 4.69) is 26.5 Å².